The summed E-state index contributed by atoms with van der Waals surface area (Å²) in [5, 5.41) is 1.70. The molecule has 0 aliphatic rings. The van der Waals surface area contributed by atoms with E-state index in [1.54, 1.807) is 12.1 Å². The van der Waals surface area contributed by atoms with E-state index < -0.39 is 5.60 Å². The van der Waals surface area contributed by atoms with Crippen LogP contribution in [0.3, 0.4) is 0 Å². The molecule has 0 radical (unpaired) electrons. The molecule has 0 bridgehead atoms. The number of ether oxygens (including phenoxy) is 1. The summed E-state index contributed by atoms with van der Waals surface area (Å²) < 4.78 is 5.39. The van der Waals surface area contributed by atoms with Gasteiger partial charge in [0.05, 0.1) is 5.56 Å². The number of anilines is 1. The first kappa shape index (κ1) is 12.4. The quantitative estimate of drug-likeness (QED) is 0.617. The summed E-state index contributed by atoms with van der Waals surface area (Å²) in [6.07, 6.45) is 0. The molecule has 0 aliphatic carbocycles. The third kappa shape index (κ3) is 2.45. The van der Waals surface area contributed by atoms with Crippen LogP contribution >= 0.6 is 0 Å². The fourth-order valence-electron chi connectivity index (χ4n) is 1.83. The Kier molecular flexibility index (Phi) is 2.99. The van der Waals surface area contributed by atoms with Crippen LogP contribution in [0.1, 0.15) is 31.1 Å². The molecule has 0 amide bonds. The minimum absolute atomic E-state index is 0.321. The monoisotopic (exact) mass is 243 g/mol. The molecule has 0 spiro atoms. The van der Waals surface area contributed by atoms with Crippen molar-refractivity contribution in [3.8, 4) is 0 Å². The molecule has 0 saturated carbocycles. The first-order valence-corrected chi connectivity index (χ1v) is 5.89. The second kappa shape index (κ2) is 4.33. The second-order valence-corrected chi connectivity index (χ2v) is 5.25. The van der Waals surface area contributed by atoms with Gasteiger partial charge >= 0.3 is 5.97 Å². The summed E-state index contributed by atoms with van der Waals surface area (Å²) in [5.41, 5.74) is 6.62. The number of fused-ring (bicyclic) bond motifs is 1. The average Bonchev–Trinajstić information content (AvgIpc) is 2.27. The standard InChI is InChI=1S/C15H17NO2/c1-15(2,3)18-14(17)12-8-9-13(16)11-7-5-4-6-10(11)12/h4-9H,16H2,1-3H3. The molecule has 2 rings (SSSR count). The number of rotatable bonds is 1. The lowest BCUT2D eigenvalue weighted by Crippen LogP contribution is -2.24. The van der Waals surface area contributed by atoms with Crippen molar-refractivity contribution in [1.82, 2.24) is 0 Å². The van der Waals surface area contributed by atoms with E-state index in [0.717, 1.165) is 10.8 Å². The number of carbonyl (C=O) groups is 1. The Morgan fingerprint density at radius 2 is 1.67 bits per heavy atom. The van der Waals surface area contributed by atoms with Crippen molar-refractivity contribution in [2.75, 3.05) is 5.73 Å². The van der Waals surface area contributed by atoms with Crippen molar-refractivity contribution in [3.63, 3.8) is 0 Å². The number of hydrogen-bond acceptors (Lipinski definition) is 3. The van der Waals surface area contributed by atoms with E-state index in [-0.39, 0.29) is 5.97 Å². The van der Waals surface area contributed by atoms with Crippen molar-refractivity contribution in [1.29, 1.82) is 0 Å². The molecule has 2 aromatic carbocycles. The van der Waals surface area contributed by atoms with Gasteiger partial charge in [0.1, 0.15) is 5.60 Å². The van der Waals surface area contributed by atoms with Gasteiger partial charge in [-0.3, -0.25) is 0 Å². The van der Waals surface area contributed by atoms with Gasteiger partial charge in [-0.2, -0.15) is 0 Å². The van der Waals surface area contributed by atoms with Gasteiger partial charge in [-0.1, -0.05) is 24.3 Å². The molecule has 0 aromatic heterocycles. The molecule has 0 saturated heterocycles. The Hall–Kier alpha value is -2.03. The number of nitrogens with two attached hydrogens (primary N) is 1. The van der Waals surface area contributed by atoms with Crippen LogP contribution < -0.4 is 5.73 Å². The zero-order chi connectivity index (χ0) is 13.3. The number of esters is 1. The topological polar surface area (TPSA) is 52.3 Å². The van der Waals surface area contributed by atoms with Gasteiger partial charge in [0.2, 0.25) is 0 Å². The van der Waals surface area contributed by atoms with E-state index in [1.165, 1.54) is 0 Å². The summed E-state index contributed by atoms with van der Waals surface area (Å²) in [7, 11) is 0. The minimum atomic E-state index is -0.500. The number of hydrogen-bond donors (Lipinski definition) is 1. The highest BCUT2D eigenvalue weighted by Gasteiger charge is 2.19. The van der Waals surface area contributed by atoms with E-state index in [4.69, 9.17) is 10.5 Å². The fraction of sp³-hybridized carbons (Fsp3) is 0.267. The molecule has 2 N–H and O–H groups in total. The molecular formula is C15H17NO2. The molecule has 3 nitrogen and oxygen atoms in total. The Balaban J connectivity index is 2.52. The molecule has 18 heavy (non-hydrogen) atoms. The van der Waals surface area contributed by atoms with E-state index in [1.807, 2.05) is 45.0 Å². The number of carbonyl (C=O) groups excluding carboxylic acids is 1. The molecule has 2 aromatic rings. The van der Waals surface area contributed by atoms with Crippen molar-refractivity contribution in [3.05, 3.63) is 42.0 Å². The van der Waals surface area contributed by atoms with Crippen molar-refractivity contribution < 1.29 is 9.53 Å². The molecule has 94 valence electrons. The van der Waals surface area contributed by atoms with Crippen molar-refractivity contribution >= 4 is 22.4 Å². The van der Waals surface area contributed by atoms with Gasteiger partial charge in [0.25, 0.3) is 0 Å². The van der Waals surface area contributed by atoms with Gasteiger partial charge in [-0.15, -0.1) is 0 Å². The molecule has 0 atom stereocenters. The van der Waals surface area contributed by atoms with Crippen molar-refractivity contribution in [2.24, 2.45) is 0 Å². The SMILES string of the molecule is CC(C)(C)OC(=O)c1ccc(N)c2ccccc12. The zero-order valence-electron chi connectivity index (χ0n) is 10.9. The van der Waals surface area contributed by atoms with Crippen LogP contribution in [0.5, 0.6) is 0 Å². The number of nitrogen functional groups attached to an aromatic ring is 1. The van der Waals surface area contributed by atoms with E-state index in [2.05, 4.69) is 0 Å². The van der Waals surface area contributed by atoms with Crippen LogP contribution in [-0.2, 0) is 4.74 Å². The van der Waals surface area contributed by atoms with E-state index >= 15 is 0 Å². The van der Waals surface area contributed by atoms with Crippen LogP contribution in [-0.4, -0.2) is 11.6 Å². The highest BCUT2D eigenvalue weighted by Crippen LogP contribution is 2.26. The van der Waals surface area contributed by atoms with E-state index in [0.29, 0.717) is 11.3 Å². The molecule has 0 unspecified atom stereocenters. The second-order valence-electron chi connectivity index (χ2n) is 5.25. The molecule has 0 heterocycles. The van der Waals surface area contributed by atoms with Gasteiger partial charge in [0.15, 0.2) is 0 Å². The lowest BCUT2D eigenvalue weighted by molar-refractivity contribution is 0.00719. The molecule has 0 fully saturated rings. The normalized spacial score (nSPS) is 11.5. The van der Waals surface area contributed by atoms with Gasteiger partial charge in [-0.05, 0) is 38.3 Å². The lowest BCUT2D eigenvalue weighted by atomic mass is 10.0. The maximum Gasteiger partial charge on any atom is 0.339 e. The molecule has 0 aliphatic heterocycles. The summed E-state index contributed by atoms with van der Waals surface area (Å²) in [6, 6.07) is 11.0. The highest BCUT2D eigenvalue weighted by molar-refractivity contribution is 6.08. The van der Waals surface area contributed by atoms with Crippen LogP contribution in [0.2, 0.25) is 0 Å². The maximum atomic E-state index is 12.1. The smallest absolute Gasteiger partial charge is 0.339 e. The predicted molar refractivity (Wildman–Crippen MR) is 73.5 cm³/mol. The average molecular weight is 243 g/mol. The summed E-state index contributed by atoms with van der Waals surface area (Å²) in [4.78, 5) is 12.1. The Bertz CT molecular complexity index is 597. The molecule has 3 heteroatoms. The van der Waals surface area contributed by atoms with Crippen LogP contribution in [0.15, 0.2) is 36.4 Å². The third-order valence-corrected chi connectivity index (χ3v) is 2.58. The Labute approximate surface area is 107 Å². The van der Waals surface area contributed by atoms with Crippen LogP contribution in [0, 0.1) is 0 Å². The van der Waals surface area contributed by atoms with Gasteiger partial charge in [-0.25, -0.2) is 4.79 Å². The highest BCUT2D eigenvalue weighted by atomic mass is 16.6. The summed E-state index contributed by atoms with van der Waals surface area (Å²) >= 11 is 0. The summed E-state index contributed by atoms with van der Waals surface area (Å²) in [5.74, 6) is -0.321. The first-order chi connectivity index (χ1) is 8.38. The van der Waals surface area contributed by atoms with E-state index in [9.17, 15) is 4.79 Å². The first-order valence-electron chi connectivity index (χ1n) is 5.89. The summed E-state index contributed by atoms with van der Waals surface area (Å²) in [6.45, 7) is 5.55. The predicted octanol–water partition coefficient (Wildman–Crippen LogP) is 3.38. The van der Waals surface area contributed by atoms with Gasteiger partial charge < -0.3 is 10.5 Å². The lowest BCUT2D eigenvalue weighted by Gasteiger charge is -2.20. The Morgan fingerprint density at radius 1 is 1.06 bits per heavy atom. The third-order valence-electron chi connectivity index (χ3n) is 2.58. The van der Waals surface area contributed by atoms with Crippen molar-refractivity contribution in [2.45, 2.75) is 26.4 Å². The minimum Gasteiger partial charge on any atom is -0.456 e. The van der Waals surface area contributed by atoms with Gasteiger partial charge in [0, 0.05) is 11.1 Å². The zero-order valence-corrected chi connectivity index (χ0v) is 10.9. The maximum absolute atomic E-state index is 12.1. The Morgan fingerprint density at radius 3 is 2.28 bits per heavy atom. The van der Waals surface area contributed by atoms with Crippen LogP contribution in [0.4, 0.5) is 5.69 Å². The largest absolute Gasteiger partial charge is 0.456 e. The number of benzene rings is 2. The molecular weight excluding hydrogens is 226 g/mol. The van der Waals surface area contributed by atoms with Crippen LogP contribution in [0.25, 0.3) is 10.8 Å². The fourth-order valence-corrected chi connectivity index (χ4v) is 1.83.